The van der Waals surface area contributed by atoms with Gasteiger partial charge in [0.2, 0.25) is 6.29 Å². The van der Waals surface area contributed by atoms with Gasteiger partial charge in [0.1, 0.15) is 0 Å². The Morgan fingerprint density at radius 3 is 2.47 bits per heavy atom. The zero-order valence-electron chi connectivity index (χ0n) is 8.73. The minimum Gasteiger partial charge on any atom is -0.331 e. The Hall–Kier alpha value is -1.15. The molecule has 0 saturated carbocycles. The van der Waals surface area contributed by atoms with Crippen molar-refractivity contribution in [1.82, 2.24) is 0 Å². The lowest BCUT2D eigenvalue weighted by atomic mass is 10.1. The molecular weight excluding hydrogens is 241 g/mol. The molecule has 0 bridgehead atoms. The summed E-state index contributed by atoms with van der Waals surface area (Å²) in [5.74, 6) is 0. The predicted octanol–water partition coefficient (Wildman–Crippen LogP) is 2.61. The zero-order chi connectivity index (χ0) is 12.5. The first kappa shape index (κ1) is 12.3. The van der Waals surface area contributed by atoms with Gasteiger partial charge in [-0.05, 0) is 6.07 Å². The SMILES string of the molecule is COC1OOC(c2ccccc2C(F)(F)F)O1. The van der Waals surface area contributed by atoms with E-state index in [0.29, 0.717) is 0 Å². The Kier molecular flexibility index (Phi) is 3.34. The van der Waals surface area contributed by atoms with Gasteiger partial charge in [-0.15, -0.1) is 0 Å². The van der Waals surface area contributed by atoms with E-state index in [1.54, 1.807) is 0 Å². The Balaban J connectivity index is 2.27. The molecule has 1 aliphatic heterocycles. The summed E-state index contributed by atoms with van der Waals surface area (Å²) in [7, 11) is 1.28. The van der Waals surface area contributed by atoms with Gasteiger partial charge >= 0.3 is 12.7 Å². The molecule has 2 rings (SSSR count). The van der Waals surface area contributed by atoms with E-state index in [0.717, 1.165) is 6.07 Å². The van der Waals surface area contributed by atoms with Crippen LogP contribution in [0.3, 0.4) is 0 Å². The summed E-state index contributed by atoms with van der Waals surface area (Å²) in [4.78, 5) is 9.16. The highest BCUT2D eigenvalue weighted by molar-refractivity contribution is 5.30. The number of rotatable bonds is 2. The van der Waals surface area contributed by atoms with Crippen LogP contribution in [0.15, 0.2) is 24.3 Å². The van der Waals surface area contributed by atoms with Gasteiger partial charge in [-0.1, -0.05) is 18.2 Å². The molecule has 0 amide bonds. The number of halogens is 3. The summed E-state index contributed by atoms with van der Waals surface area (Å²) in [6.45, 7) is -1.12. The van der Waals surface area contributed by atoms with Crippen molar-refractivity contribution < 1.29 is 32.4 Å². The van der Waals surface area contributed by atoms with E-state index in [9.17, 15) is 13.2 Å². The topological polar surface area (TPSA) is 36.9 Å². The molecule has 94 valence electrons. The van der Waals surface area contributed by atoms with Crippen molar-refractivity contribution in [2.45, 2.75) is 18.9 Å². The summed E-state index contributed by atoms with van der Waals surface area (Å²) in [6, 6.07) is 4.95. The zero-order valence-corrected chi connectivity index (χ0v) is 8.73. The van der Waals surface area contributed by atoms with E-state index in [-0.39, 0.29) is 5.56 Å². The fourth-order valence-electron chi connectivity index (χ4n) is 1.42. The molecule has 7 heteroatoms. The maximum Gasteiger partial charge on any atom is 0.416 e. The lowest BCUT2D eigenvalue weighted by molar-refractivity contribution is -0.346. The molecule has 0 radical (unpaired) electrons. The van der Waals surface area contributed by atoms with Crippen LogP contribution in [0.4, 0.5) is 13.2 Å². The Labute approximate surface area is 94.8 Å². The van der Waals surface area contributed by atoms with Crippen LogP contribution in [0.5, 0.6) is 0 Å². The molecule has 0 aliphatic carbocycles. The monoisotopic (exact) mass is 250 g/mol. The number of ether oxygens (including phenoxy) is 2. The molecule has 0 spiro atoms. The molecule has 0 N–H and O–H groups in total. The van der Waals surface area contributed by atoms with Gasteiger partial charge in [-0.3, -0.25) is 4.74 Å². The summed E-state index contributed by atoms with van der Waals surface area (Å²) < 4.78 is 47.7. The second kappa shape index (κ2) is 4.61. The lowest BCUT2D eigenvalue weighted by Gasteiger charge is -2.14. The van der Waals surface area contributed by atoms with Crippen LogP contribution >= 0.6 is 0 Å². The Morgan fingerprint density at radius 1 is 1.18 bits per heavy atom. The summed E-state index contributed by atoms with van der Waals surface area (Å²) in [5, 5.41) is 0. The van der Waals surface area contributed by atoms with Crippen LogP contribution in [-0.2, 0) is 25.4 Å². The quantitative estimate of drug-likeness (QED) is 0.756. The van der Waals surface area contributed by atoms with Crippen LogP contribution in [0.2, 0.25) is 0 Å². The number of alkyl halides is 3. The normalized spacial score (nSPS) is 25.2. The fourth-order valence-corrected chi connectivity index (χ4v) is 1.42. The molecule has 1 aliphatic rings. The van der Waals surface area contributed by atoms with E-state index in [1.165, 1.54) is 25.3 Å². The third-order valence-corrected chi connectivity index (χ3v) is 2.17. The van der Waals surface area contributed by atoms with Gasteiger partial charge in [-0.2, -0.15) is 22.9 Å². The maximum absolute atomic E-state index is 12.7. The van der Waals surface area contributed by atoms with E-state index >= 15 is 0 Å². The van der Waals surface area contributed by atoms with Crippen molar-refractivity contribution >= 4 is 0 Å². The molecule has 4 nitrogen and oxygen atoms in total. The highest BCUT2D eigenvalue weighted by Gasteiger charge is 2.39. The Morgan fingerprint density at radius 2 is 1.88 bits per heavy atom. The van der Waals surface area contributed by atoms with Crippen molar-refractivity contribution in [1.29, 1.82) is 0 Å². The smallest absolute Gasteiger partial charge is 0.331 e. The van der Waals surface area contributed by atoms with Gasteiger partial charge in [0, 0.05) is 12.7 Å². The first-order valence-corrected chi connectivity index (χ1v) is 4.69. The van der Waals surface area contributed by atoms with Gasteiger partial charge < -0.3 is 4.74 Å². The lowest BCUT2D eigenvalue weighted by Crippen LogP contribution is -2.14. The molecular formula is C10H9F3O4. The van der Waals surface area contributed by atoms with Crippen LogP contribution < -0.4 is 0 Å². The number of benzene rings is 1. The van der Waals surface area contributed by atoms with Gasteiger partial charge in [0.25, 0.3) is 0 Å². The molecule has 1 aromatic rings. The molecule has 0 aromatic heterocycles. The summed E-state index contributed by atoms with van der Waals surface area (Å²) in [5.41, 5.74) is -0.982. The molecule has 17 heavy (non-hydrogen) atoms. The van der Waals surface area contributed by atoms with Crippen LogP contribution in [0, 0.1) is 0 Å². The molecule has 1 saturated heterocycles. The number of hydrogen-bond acceptors (Lipinski definition) is 4. The van der Waals surface area contributed by atoms with E-state index in [2.05, 4.69) is 14.5 Å². The predicted molar refractivity (Wildman–Crippen MR) is 48.2 cm³/mol. The van der Waals surface area contributed by atoms with Crippen molar-refractivity contribution in [3.63, 3.8) is 0 Å². The van der Waals surface area contributed by atoms with Crippen molar-refractivity contribution in [3.8, 4) is 0 Å². The first-order valence-electron chi connectivity index (χ1n) is 4.69. The molecule has 1 aromatic carbocycles. The van der Waals surface area contributed by atoms with Gasteiger partial charge in [0.05, 0.1) is 5.56 Å². The highest BCUT2D eigenvalue weighted by atomic mass is 19.4. The van der Waals surface area contributed by atoms with Crippen molar-refractivity contribution in [2.75, 3.05) is 7.11 Å². The second-order valence-corrected chi connectivity index (χ2v) is 3.27. The minimum absolute atomic E-state index is 0.153. The average molecular weight is 250 g/mol. The van der Waals surface area contributed by atoms with Crippen LogP contribution in [0.1, 0.15) is 17.4 Å². The molecule has 1 fully saturated rings. The van der Waals surface area contributed by atoms with Gasteiger partial charge in [0.15, 0.2) is 0 Å². The summed E-state index contributed by atoms with van der Waals surface area (Å²) >= 11 is 0. The second-order valence-electron chi connectivity index (χ2n) is 3.27. The largest absolute Gasteiger partial charge is 0.416 e. The third kappa shape index (κ3) is 2.58. The fraction of sp³-hybridized carbons (Fsp3) is 0.400. The number of hydrogen-bond donors (Lipinski definition) is 0. The molecule has 1 heterocycles. The van der Waals surface area contributed by atoms with E-state index in [4.69, 9.17) is 4.74 Å². The minimum atomic E-state index is -4.48. The van der Waals surface area contributed by atoms with Crippen LogP contribution in [-0.4, -0.2) is 13.6 Å². The first-order chi connectivity index (χ1) is 8.02. The van der Waals surface area contributed by atoms with Crippen molar-refractivity contribution in [2.24, 2.45) is 0 Å². The third-order valence-electron chi connectivity index (χ3n) is 2.17. The van der Waals surface area contributed by atoms with E-state index < -0.39 is 24.5 Å². The summed E-state index contributed by atoms with van der Waals surface area (Å²) in [6.07, 6.45) is -5.73. The average Bonchev–Trinajstić information content (AvgIpc) is 2.76. The molecule has 2 atom stereocenters. The van der Waals surface area contributed by atoms with Crippen LogP contribution in [0.25, 0.3) is 0 Å². The highest BCUT2D eigenvalue weighted by Crippen LogP contribution is 2.38. The number of methoxy groups -OCH3 is 1. The van der Waals surface area contributed by atoms with E-state index in [1.807, 2.05) is 0 Å². The van der Waals surface area contributed by atoms with Gasteiger partial charge in [-0.25, -0.2) is 0 Å². The van der Waals surface area contributed by atoms with Crippen molar-refractivity contribution in [3.05, 3.63) is 35.4 Å². The molecule has 2 unspecified atom stereocenters. The standard InChI is InChI=1S/C10H9F3O4/c1-14-9-15-8(16-17-9)6-4-2-3-5-7(6)10(11,12)13/h2-5,8-9H,1H3. The maximum atomic E-state index is 12.7. The Bertz CT molecular complexity index is 393.